The Morgan fingerprint density at radius 3 is 2.89 bits per heavy atom. The minimum absolute atomic E-state index is 0.560. The van der Waals surface area contributed by atoms with Crippen LogP contribution in [0.2, 0.25) is 0 Å². The van der Waals surface area contributed by atoms with E-state index >= 15 is 0 Å². The van der Waals surface area contributed by atoms with Crippen LogP contribution in [0.4, 0.5) is 0 Å². The Morgan fingerprint density at radius 1 is 1.16 bits per heavy atom. The second kappa shape index (κ2) is 5.01. The predicted molar refractivity (Wildman–Crippen MR) is 76.2 cm³/mol. The normalized spacial score (nSPS) is 42.0. The highest BCUT2D eigenvalue weighted by Gasteiger charge is 2.54. The fourth-order valence-corrected chi connectivity index (χ4v) is 4.91. The molecule has 2 heterocycles. The first-order valence-corrected chi connectivity index (χ1v) is 8.44. The number of fused-ring (bicyclic) bond motifs is 1. The Kier molecular flexibility index (Phi) is 3.33. The summed E-state index contributed by atoms with van der Waals surface area (Å²) in [4.78, 5) is 2.80. The molecular formula is C16H28N2O. The van der Waals surface area contributed by atoms with Crippen molar-refractivity contribution in [3.63, 3.8) is 0 Å². The van der Waals surface area contributed by atoms with Crippen LogP contribution in [0.5, 0.6) is 0 Å². The van der Waals surface area contributed by atoms with Gasteiger partial charge in [0.25, 0.3) is 0 Å². The van der Waals surface area contributed by atoms with Crippen molar-refractivity contribution >= 4 is 0 Å². The minimum atomic E-state index is 0.560. The van der Waals surface area contributed by atoms with Gasteiger partial charge in [-0.15, -0.1) is 0 Å². The zero-order chi connectivity index (χ0) is 12.7. The lowest BCUT2D eigenvalue weighted by Crippen LogP contribution is -2.53. The molecule has 0 amide bonds. The van der Waals surface area contributed by atoms with Crippen LogP contribution in [-0.2, 0) is 4.74 Å². The number of piperidine rings is 1. The Balaban J connectivity index is 1.37. The molecule has 0 aromatic carbocycles. The predicted octanol–water partition coefficient (Wildman–Crippen LogP) is 2.02. The molecule has 4 aliphatic rings. The van der Waals surface area contributed by atoms with Crippen molar-refractivity contribution in [3.8, 4) is 0 Å². The maximum absolute atomic E-state index is 6.00. The molecule has 0 aromatic heterocycles. The number of rotatable bonds is 2. The van der Waals surface area contributed by atoms with E-state index in [4.69, 9.17) is 4.74 Å². The van der Waals surface area contributed by atoms with E-state index in [1.165, 1.54) is 71.1 Å². The van der Waals surface area contributed by atoms with Gasteiger partial charge in [-0.3, -0.25) is 4.90 Å². The van der Waals surface area contributed by atoms with Gasteiger partial charge in [-0.1, -0.05) is 12.8 Å². The van der Waals surface area contributed by atoms with Crippen LogP contribution in [0, 0.1) is 11.3 Å². The molecule has 3 atom stereocenters. The Bertz CT molecular complexity index is 325. The Morgan fingerprint density at radius 2 is 2.00 bits per heavy atom. The molecule has 3 heteroatoms. The SMILES string of the molecule is C1CCC2C(C1)OCCN2CC1CC12CCNCC2. The number of morpholine rings is 1. The second-order valence-electron chi connectivity index (χ2n) is 7.27. The van der Waals surface area contributed by atoms with Crippen LogP contribution in [-0.4, -0.2) is 49.8 Å². The van der Waals surface area contributed by atoms with Gasteiger partial charge in [-0.25, -0.2) is 0 Å². The molecule has 2 aliphatic heterocycles. The average Bonchev–Trinajstić information content (AvgIpc) is 3.11. The minimum Gasteiger partial charge on any atom is -0.375 e. The summed E-state index contributed by atoms with van der Waals surface area (Å²) in [7, 11) is 0. The molecule has 0 bridgehead atoms. The highest BCUT2D eigenvalue weighted by molar-refractivity contribution is 5.06. The van der Waals surface area contributed by atoms with Gasteiger partial charge in [0, 0.05) is 19.1 Å². The summed E-state index contributed by atoms with van der Waals surface area (Å²) in [6.07, 6.45) is 10.4. The number of nitrogens with one attached hydrogen (secondary N) is 1. The molecule has 3 unspecified atom stereocenters. The summed E-state index contributed by atoms with van der Waals surface area (Å²) in [5.41, 5.74) is 0.744. The monoisotopic (exact) mass is 264 g/mol. The Labute approximate surface area is 117 Å². The molecule has 1 N–H and O–H groups in total. The van der Waals surface area contributed by atoms with E-state index < -0.39 is 0 Å². The van der Waals surface area contributed by atoms with Gasteiger partial charge in [0.15, 0.2) is 0 Å². The molecule has 0 aromatic rings. The van der Waals surface area contributed by atoms with Crippen LogP contribution in [0.1, 0.15) is 44.9 Å². The van der Waals surface area contributed by atoms with E-state index in [1.54, 1.807) is 0 Å². The summed E-state index contributed by atoms with van der Waals surface area (Å²) in [5, 5.41) is 3.52. The zero-order valence-corrected chi connectivity index (χ0v) is 12.1. The van der Waals surface area contributed by atoms with E-state index in [-0.39, 0.29) is 0 Å². The summed E-state index contributed by atoms with van der Waals surface area (Å²) >= 11 is 0. The van der Waals surface area contributed by atoms with Gasteiger partial charge in [0.1, 0.15) is 0 Å². The van der Waals surface area contributed by atoms with Crippen molar-refractivity contribution in [2.24, 2.45) is 11.3 Å². The van der Waals surface area contributed by atoms with Crippen molar-refractivity contribution in [2.45, 2.75) is 57.1 Å². The largest absolute Gasteiger partial charge is 0.375 e. The molecule has 4 fully saturated rings. The van der Waals surface area contributed by atoms with Crippen molar-refractivity contribution in [1.82, 2.24) is 10.2 Å². The van der Waals surface area contributed by atoms with Crippen molar-refractivity contribution in [3.05, 3.63) is 0 Å². The first kappa shape index (κ1) is 12.6. The lowest BCUT2D eigenvalue weighted by Gasteiger charge is -2.44. The van der Waals surface area contributed by atoms with Crippen molar-refractivity contribution in [1.29, 1.82) is 0 Å². The second-order valence-corrected chi connectivity index (χ2v) is 7.27. The van der Waals surface area contributed by atoms with E-state index in [9.17, 15) is 0 Å². The summed E-state index contributed by atoms with van der Waals surface area (Å²) in [5.74, 6) is 0.996. The van der Waals surface area contributed by atoms with Gasteiger partial charge >= 0.3 is 0 Å². The van der Waals surface area contributed by atoms with Crippen LogP contribution < -0.4 is 5.32 Å². The average molecular weight is 264 g/mol. The number of nitrogens with zero attached hydrogens (tertiary/aromatic N) is 1. The third kappa shape index (κ3) is 2.34. The van der Waals surface area contributed by atoms with Gasteiger partial charge in [0.2, 0.25) is 0 Å². The van der Waals surface area contributed by atoms with Gasteiger partial charge in [0.05, 0.1) is 12.7 Å². The van der Waals surface area contributed by atoms with Crippen LogP contribution in [0.25, 0.3) is 0 Å². The zero-order valence-electron chi connectivity index (χ0n) is 12.1. The molecule has 2 saturated heterocycles. The van der Waals surface area contributed by atoms with Crippen molar-refractivity contribution < 1.29 is 4.74 Å². The van der Waals surface area contributed by atoms with Crippen LogP contribution in [0.15, 0.2) is 0 Å². The molecule has 2 saturated carbocycles. The highest BCUT2D eigenvalue weighted by atomic mass is 16.5. The maximum Gasteiger partial charge on any atom is 0.0730 e. The van der Waals surface area contributed by atoms with Gasteiger partial charge in [-0.05, 0) is 56.5 Å². The van der Waals surface area contributed by atoms with Crippen LogP contribution in [0.3, 0.4) is 0 Å². The first-order chi connectivity index (χ1) is 9.37. The summed E-state index contributed by atoms with van der Waals surface area (Å²) in [6.45, 7) is 6.04. The lowest BCUT2D eigenvalue weighted by atomic mass is 9.88. The van der Waals surface area contributed by atoms with Gasteiger partial charge in [-0.2, -0.15) is 0 Å². The maximum atomic E-state index is 6.00. The van der Waals surface area contributed by atoms with E-state index in [1.807, 2.05) is 0 Å². The molecule has 2 aliphatic carbocycles. The van der Waals surface area contributed by atoms with Gasteiger partial charge < -0.3 is 10.1 Å². The highest BCUT2D eigenvalue weighted by Crippen LogP contribution is 2.59. The van der Waals surface area contributed by atoms with Crippen LogP contribution >= 0.6 is 0 Å². The smallest absolute Gasteiger partial charge is 0.0730 e. The summed E-state index contributed by atoms with van der Waals surface area (Å²) in [6, 6.07) is 0.752. The summed E-state index contributed by atoms with van der Waals surface area (Å²) < 4.78 is 6.00. The third-order valence-electron chi connectivity index (χ3n) is 6.26. The molecule has 108 valence electrons. The molecule has 0 radical (unpaired) electrons. The molecular weight excluding hydrogens is 236 g/mol. The fourth-order valence-electron chi connectivity index (χ4n) is 4.91. The fraction of sp³-hybridized carbons (Fsp3) is 1.00. The van der Waals surface area contributed by atoms with E-state index in [0.717, 1.165) is 24.0 Å². The first-order valence-electron chi connectivity index (χ1n) is 8.44. The quantitative estimate of drug-likeness (QED) is 0.826. The van der Waals surface area contributed by atoms with E-state index in [2.05, 4.69) is 10.2 Å². The molecule has 1 spiro atoms. The lowest BCUT2D eigenvalue weighted by molar-refractivity contribution is -0.0903. The third-order valence-corrected chi connectivity index (χ3v) is 6.26. The Hall–Kier alpha value is -0.120. The molecule has 19 heavy (non-hydrogen) atoms. The molecule has 3 nitrogen and oxygen atoms in total. The van der Waals surface area contributed by atoms with E-state index in [0.29, 0.717) is 6.10 Å². The number of hydrogen-bond acceptors (Lipinski definition) is 3. The van der Waals surface area contributed by atoms with Crippen molar-refractivity contribution in [2.75, 3.05) is 32.8 Å². The topological polar surface area (TPSA) is 24.5 Å². The molecule has 4 rings (SSSR count). The number of hydrogen-bond donors (Lipinski definition) is 1. The number of ether oxygens (including phenoxy) is 1. The standard InChI is InChI=1S/C16H28N2O/c1-2-4-15-14(3-1)18(9-10-19-15)12-13-11-16(13)5-7-17-8-6-16/h13-15,17H,1-12H2.